The number of carbonyl (C=O) groups excluding carboxylic acids is 2. The molecule has 174 valence electrons. The Hall–Kier alpha value is -2.93. The van der Waals surface area contributed by atoms with Gasteiger partial charge in [-0.3, -0.25) is 14.5 Å². The van der Waals surface area contributed by atoms with Gasteiger partial charge in [0.2, 0.25) is 5.91 Å². The lowest BCUT2D eigenvalue weighted by Gasteiger charge is -2.44. The highest BCUT2D eigenvalue weighted by atomic mass is 19.1. The third kappa shape index (κ3) is 4.60. The summed E-state index contributed by atoms with van der Waals surface area (Å²) < 4.78 is 14.1. The second-order valence-electron chi connectivity index (χ2n) is 9.22. The van der Waals surface area contributed by atoms with E-state index in [1.807, 2.05) is 41.3 Å². The molecule has 1 atom stereocenters. The summed E-state index contributed by atoms with van der Waals surface area (Å²) >= 11 is 0. The van der Waals surface area contributed by atoms with Crippen LogP contribution in [0.25, 0.3) is 0 Å². The molecule has 3 heterocycles. The van der Waals surface area contributed by atoms with Crippen LogP contribution in [-0.4, -0.2) is 73.5 Å². The highest BCUT2D eigenvalue weighted by Gasteiger charge is 2.31. The number of rotatable bonds is 4. The number of carbonyl (C=O) groups is 2. The molecule has 0 radical (unpaired) electrons. The maximum atomic E-state index is 14.1. The van der Waals surface area contributed by atoms with Crippen molar-refractivity contribution in [3.05, 3.63) is 59.9 Å². The predicted octanol–water partition coefficient (Wildman–Crippen LogP) is 3.38. The second kappa shape index (κ2) is 9.51. The molecule has 6 nitrogen and oxygen atoms in total. The van der Waals surface area contributed by atoms with Crippen LogP contribution in [-0.2, 0) is 4.79 Å². The molecule has 0 spiro atoms. The van der Waals surface area contributed by atoms with Crippen molar-refractivity contribution < 1.29 is 14.0 Å². The van der Waals surface area contributed by atoms with E-state index in [0.717, 1.165) is 70.8 Å². The lowest BCUT2D eigenvalue weighted by molar-refractivity contribution is -0.117. The smallest absolute Gasteiger partial charge is 0.253 e. The van der Waals surface area contributed by atoms with Crippen LogP contribution in [0.1, 0.15) is 36.0 Å². The summed E-state index contributed by atoms with van der Waals surface area (Å²) in [4.78, 5) is 33.5. The fourth-order valence-electron chi connectivity index (χ4n) is 5.36. The van der Waals surface area contributed by atoms with Crippen molar-refractivity contribution in [1.29, 1.82) is 0 Å². The van der Waals surface area contributed by atoms with Gasteiger partial charge in [-0.05, 0) is 55.7 Å². The van der Waals surface area contributed by atoms with Crippen molar-refractivity contribution in [2.45, 2.75) is 31.7 Å². The molecule has 2 aromatic carbocycles. The van der Waals surface area contributed by atoms with Crippen molar-refractivity contribution in [3.63, 3.8) is 0 Å². The Kier molecular flexibility index (Phi) is 6.31. The third-order valence-corrected chi connectivity index (χ3v) is 7.21. The first-order valence-electron chi connectivity index (χ1n) is 12.0. The molecule has 3 aliphatic heterocycles. The molecule has 7 heteroatoms. The van der Waals surface area contributed by atoms with Crippen LogP contribution < -0.4 is 9.80 Å². The number of anilines is 2. The molecule has 3 fully saturated rings. The monoisotopic (exact) mass is 450 g/mol. The number of hydrogen-bond donors (Lipinski definition) is 0. The van der Waals surface area contributed by atoms with Crippen LogP contribution in [0.2, 0.25) is 0 Å². The summed E-state index contributed by atoms with van der Waals surface area (Å²) in [6, 6.07) is 14.8. The standard InChI is InChI=1S/C26H31FN4O2/c27-23-6-1-2-7-24(23)29-17-15-28(16-18-29)22-5-3-13-30(19-22)26(33)20-9-11-21(12-10-20)31-14-4-8-25(31)32/h1-2,6-7,9-12,22H,3-5,8,13-19H2. The van der Waals surface area contributed by atoms with Gasteiger partial charge >= 0.3 is 0 Å². The van der Waals surface area contributed by atoms with Gasteiger partial charge in [0, 0.05) is 69.5 Å². The number of hydrogen-bond acceptors (Lipinski definition) is 4. The zero-order chi connectivity index (χ0) is 22.8. The van der Waals surface area contributed by atoms with E-state index in [2.05, 4.69) is 9.80 Å². The first-order chi connectivity index (χ1) is 16.1. The van der Waals surface area contributed by atoms with E-state index in [1.54, 1.807) is 11.0 Å². The van der Waals surface area contributed by atoms with E-state index >= 15 is 0 Å². The Balaban J connectivity index is 1.18. The summed E-state index contributed by atoms with van der Waals surface area (Å²) in [5.74, 6) is 0.0487. The van der Waals surface area contributed by atoms with E-state index in [9.17, 15) is 14.0 Å². The largest absolute Gasteiger partial charge is 0.367 e. The van der Waals surface area contributed by atoms with Gasteiger partial charge in [0.1, 0.15) is 5.82 Å². The van der Waals surface area contributed by atoms with Crippen molar-refractivity contribution in [1.82, 2.24) is 9.80 Å². The molecule has 0 aliphatic carbocycles. The highest BCUT2D eigenvalue weighted by Crippen LogP contribution is 2.25. The van der Waals surface area contributed by atoms with Gasteiger partial charge in [-0.25, -0.2) is 4.39 Å². The van der Waals surface area contributed by atoms with Gasteiger partial charge in [-0.2, -0.15) is 0 Å². The molecular formula is C26H31FN4O2. The van der Waals surface area contributed by atoms with Crippen LogP contribution in [0.4, 0.5) is 15.8 Å². The number of benzene rings is 2. The first kappa shape index (κ1) is 21.9. The Morgan fingerprint density at radius 3 is 2.33 bits per heavy atom. The Bertz CT molecular complexity index is 1000. The second-order valence-corrected chi connectivity index (χ2v) is 9.22. The van der Waals surface area contributed by atoms with E-state index in [4.69, 9.17) is 0 Å². The van der Waals surface area contributed by atoms with Crippen molar-refractivity contribution >= 4 is 23.2 Å². The van der Waals surface area contributed by atoms with Crippen LogP contribution in [0.5, 0.6) is 0 Å². The molecule has 3 aliphatic rings. The predicted molar refractivity (Wildman–Crippen MR) is 127 cm³/mol. The number of amides is 2. The minimum atomic E-state index is -0.166. The average Bonchev–Trinajstić information content (AvgIpc) is 3.30. The zero-order valence-corrected chi connectivity index (χ0v) is 19.0. The Morgan fingerprint density at radius 2 is 1.64 bits per heavy atom. The molecule has 3 saturated heterocycles. The summed E-state index contributed by atoms with van der Waals surface area (Å²) in [7, 11) is 0. The highest BCUT2D eigenvalue weighted by molar-refractivity contribution is 5.97. The fourth-order valence-corrected chi connectivity index (χ4v) is 5.36. The molecule has 2 amide bonds. The van der Waals surface area contributed by atoms with Gasteiger partial charge in [0.05, 0.1) is 5.69 Å². The van der Waals surface area contributed by atoms with Gasteiger partial charge in [-0.15, -0.1) is 0 Å². The Labute approximate surface area is 194 Å². The van der Waals surface area contributed by atoms with Crippen LogP contribution in [0, 0.1) is 5.82 Å². The lowest BCUT2D eigenvalue weighted by Crippen LogP contribution is -2.56. The quantitative estimate of drug-likeness (QED) is 0.717. The zero-order valence-electron chi connectivity index (χ0n) is 19.0. The maximum Gasteiger partial charge on any atom is 0.253 e. The first-order valence-corrected chi connectivity index (χ1v) is 12.0. The molecule has 0 N–H and O–H groups in total. The molecule has 0 aromatic heterocycles. The van der Waals surface area contributed by atoms with Crippen LogP contribution in [0.15, 0.2) is 48.5 Å². The minimum absolute atomic E-state index is 0.0593. The van der Waals surface area contributed by atoms with Crippen molar-refractivity contribution in [3.8, 4) is 0 Å². The van der Waals surface area contributed by atoms with Gasteiger partial charge in [0.25, 0.3) is 5.91 Å². The topological polar surface area (TPSA) is 47.1 Å². The summed E-state index contributed by atoms with van der Waals surface area (Å²) in [5, 5.41) is 0. The number of para-hydroxylation sites is 1. The number of piperazine rings is 1. The summed E-state index contributed by atoms with van der Waals surface area (Å²) in [6.45, 7) is 5.59. The molecule has 5 rings (SSSR count). The number of halogens is 1. The lowest BCUT2D eigenvalue weighted by atomic mass is 10.0. The normalized spacial score (nSPS) is 22.2. The molecule has 33 heavy (non-hydrogen) atoms. The number of likely N-dealkylation sites (tertiary alicyclic amines) is 1. The van der Waals surface area contributed by atoms with Crippen LogP contribution in [0.3, 0.4) is 0 Å². The summed E-state index contributed by atoms with van der Waals surface area (Å²) in [6.07, 6.45) is 3.57. The van der Waals surface area contributed by atoms with Crippen molar-refractivity contribution in [2.75, 3.05) is 55.6 Å². The minimum Gasteiger partial charge on any atom is -0.367 e. The molecule has 0 saturated carbocycles. The molecule has 0 bridgehead atoms. The maximum absolute atomic E-state index is 14.1. The van der Waals surface area contributed by atoms with Gasteiger partial charge in [0.15, 0.2) is 0 Å². The molecule has 2 aromatic rings. The van der Waals surface area contributed by atoms with E-state index in [1.165, 1.54) is 6.07 Å². The summed E-state index contributed by atoms with van der Waals surface area (Å²) in [5.41, 5.74) is 2.23. The van der Waals surface area contributed by atoms with E-state index < -0.39 is 0 Å². The van der Waals surface area contributed by atoms with Gasteiger partial charge < -0.3 is 14.7 Å². The number of piperidine rings is 1. The van der Waals surface area contributed by atoms with Crippen molar-refractivity contribution in [2.24, 2.45) is 0 Å². The van der Waals surface area contributed by atoms with E-state index in [0.29, 0.717) is 23.7 Å². The Morgan fingerprint density at radius 1 is 0.879 bits per heavy atom. The molecule has 1 unspecified atom stereocenters. The van der Waals surface area contributed by atoms with E-state index in [-0.39, 0.29) is 17.6 Å². The SMILES string of the molecule is O=C(c1ccc(N2CCCC2=O)cc1)N1CCCC(N2CCN(c3ccccc3F)CC2)C1. The van der Waals surface area contributed by atoms with Gasteiger partial charge in [-0.1, -0.05) is 12.1 Å². The third-order valence-electron chi connectivity index (χ3n) is 7.21. The molecular weight excluding hydrogens is 419 g/mol. The van der Waals surface area contributed by atoms with Crippen LogP contribution >= 0.6 is 0 Å². The average molecular weight is 451 g/mol. The number of nitrogens with zero attached hydrogens (tertiary/aromatic N) is 4. The fraction of sp³-hybridized carbons (Fsp3) is 0.462.